The quantitative estimate of drug-likeness (QED) is 0.539. The molecular formula is C22H20N4. The SMILES string of the molecule is N=Cc1c(N)ccc2nc(-c3ccc4c(c3)C=NC4)c3c(c12)CCCC3. The number of benzene rings is 2. The summed E-state index contributed by atoms with van der Waals surface area (Å²) in [6, 6.07) is 10.4. The number of nitrogens with zero attached hydrogens (tertiary/aromatic N) is 2. The van der Waals surface area contributed by atoms with Crippen LogP contribution in [0, 0.1) is 5.41 Å². The van der Waals surface area contributed by atoms with E-state index in [-0.39, 0.29) is 0 Å². The third-order valence-electron chi connectivity index (χ3n) is 5.60. The number of anilines is 1. The Morgan fingerprint density at radius 2 is 1.88 bits per heavy atom. The number of pyridine rings is 1. The van der Waals surface area contributed by atoms with Gasteiger partial charge in [0.15, 0.2) is 0 Å². The highest BCUT2D eigenvalue weighted by molar-refractivity contribution is 6.05. The number of aryl methyl sites for hydroxylation is 1. The second-order valence-corrected chi connectivity index (χ2v) is 7.11. The zero-order valence-corrected chi connectivity index (χ0v) is 14.5. The van der Waals surface area contributed by atoms with Crippen LogP contribution in [-0.2, 0) is 19.4 Å². The highest BCUT2D eigenvalue weighted by Gasteiger charge is 2.22. The molecule has 26 heavy (non-hydrogen) atoms. The van der Waals surface area contributed by atoms with Crippen molar-refractivity contribution in [2.75, 3.05) is 5.73 Å². The van der Waals surface area contributed by atoms with Crippen LogP contribution in [0.2, 0.25) is 0 Å². The fourth-order valence-corrected chi connectivity index (χ4v) is 4.31. The predicted molar refractivity (Wildman–Crippen MR) is 107 cm³/mol. The van der Waals surface area contributed by atoms with Crippen LogP contribution in [0.4, 0.5) is 5.69 Å². The molecule has 0 radical (unpaired) electrons. The van der Waals surface area contributed by atoms with Gasteiger partial charge < -0.3 is 11.1 Å². The Hall–Kier alpha value is -3.01. The molecule has 0 saturated carbocycles. The van der Waals surface area contributed by atoms with E-state index < -0.39 is 0 Å². The maximum Gasteiger partial charge on any atom is 0.0744 e. The van der Waals surface area contributed by atoms with Crippen molar-refractivity contribution in [1.29, 1.82) is 5.41 Å². The normalized spacial score (nSPS) is 15.1. The van der Waals surface area contributed by atoms with Crippen molar-refractivity contribution < 1.29 is 0 Å². The van der Waals surface area contributed by atoms with E-state index in [4.69, 9.17) is 16.1 Å². The van der Waals surface area contributed by atoms with Gasteiger partial charge in [0.1, 0.15) is 0 Å². The van der Waals surface area contributed by atoms with Crippen molar-refractivity contribution >= 4 is 29.0 Å². The van der Waals surface area contributed by atoms with E-state index in [0.717, 1.165) is 47.1 Å². The van der Waals surface area contributed by atoms with E-state index >= 15 is 0 Å². The topological polar surface area (TPSA) is 75.1 Å². The van der Waals surface area contributed by atoms with E-state index in [9.17, 15) is 0 Å². The lowest BCUT2D eigenvalue weighted by atomic mass is 9.84. The van der Waals surface area contributed by atoms with E-state index in [1.165, 1.54) is 41.3 Å². The highest BCUT2D eigenvalue weighted by Crippen LogP contribution is 2.38. The minimum Gasteiger partial charge on any atom is -0.398 e. The highest BCUT2D eigenvalue weighted by atomic mass is 14.7. The Morgan fingerprint density at radius 1 is 1.04 bits per heavy atom. The van der Waals surface area contributed by atoms with Crippen LogP contribution < -0.4 is 5.73 Å². The lowest BCUT2D eigenvalue weighted by Gasteiger charge is -2.23. The first kappa shape index (κ1) is 15.3. The molecule has 3 N–H and O–H groups in total. The fourth-order valence-electron chi connectivity index (χ4n) is 4.31. The number of nitrogens with two attached hydrogens (primary N) is 1. The number of hydrogen-bond donors (Lipinski definition) is 2. The monoisotopic (exact) mass is 340 g/mol. The van der Waals surface area contributed by atoms with E-state index in [1.54, 1.807) is 0 Å². The van der Waals surface area contributed by atoms with Gasteiger partial charge in [0.25, 0.3) is 0 Å². The van der Waals surface area contributed by atoms with Gasteiger partial charge in [-0.25, -0.2) is 4.98 Å². The summed E-state index contributed by atoms with van der Waals surface area (Å²) in [6.45, 7) is 0.779. The van der Waals surface area contributed by atoms with Crippen LogP contribution in [-0.4, -0.2) is 17.4 Å². The van der Waals surface area contributed by atoms with Crippen molar-refractivity contribution in [1.82, 2.24) is 4.98 Å². The van der Waals surface area contributed by atoms with Crippen LogP contribution >= 0.6 is 0 Å². The smallest absolute Gasteiger partial charge is 0.0744 e. The lowest BCUT2D eigenvalue weighted by Crippen LogP contribution is -2.10. The average molecular weight is 340 g/mol. The maximum atomic E-state index is 7.84. The van der Waals surface area contributed by atoms with Gasteiger partial charge in [-0.05, 0) is 66.1 Å². The Morgan fingerprint density at radius 3 is 2.73 bits per heavy atom. The first-order valence-corrected chi connectivity index (χ1v) is 9.14. The Labute approximate surface area is 152 Å². The number of nitrogen functional groups attached to an aromatic ring is 1. The molecule has 3 aromatic rings. The van der Waals surface area contributed by atoms with Gasteiger partial charge in [-0.1, -0.05) is 12.1 Å². The molecule has 0 unspecified atom stereocenters. The molecule has 1 aromatic heterocycles. The molecule has 0 amide bonds. The molecule has 4 heteroatoms. The molecule has 2 heterocycles. The van der Waals surface area contributed by atoms with E-state index in [2.05, 4.69) is 23.2 Å². The molecule has 1 aliphatic heterocycles. The van der Waals surface area contributed by atoms with E-state index in [0.29, 0.717) is 5.69 Å². The number of hydrogen-bond acceptors (Lipinski definition) is 4. The number of aliphatic imine (C=N–C) groups is 1. The minimum atomic E-state index is 0.656. The zero-order valence-electron chi connectivity index (χ0n) is 14.5. The zero-order chi connectivity index (χ0) is 17.7. The fraction of sp³-hybridized carbons (Fsp3) is 0.227. The Balaban J connectivity index is 1.83. The van der Waals surface area contributed by atoms with Gasteiger partial charge in [-0.2, -0.15) is 0 Å². The van der Waals surface area contributed by atoms with Crippen LogP contribution in [0.1, 0.15) is 40.7 Å². The Bertz CT molecular complexity index is 1100. The number of rotatable bonds is 2. The summed E-state index contributed by atoms with van der Waals surface area (Å²) in [4.78, 5) is 9.40. The third kappa shape index (κ3) is 2.18. The van der Waals surface area contributed by atoms with Gasteiger partial charge >= 0.3 is 0 Å². The van der Waals surface area contributed by atoms with Crippen molar-refractivity contribution in [2.24, 2.45) is 4.99 Å². The Kier molecular flexibility index (Phi) is 3.38. The molecule has 0 spiro atoms. The second kappa shape index (κ2) is 5.77. The number of fused-ring (bicyclic) bond motifs is 4. The summed E-state index contributed by atoms with van der Waals surface area (Å²) in [6.07, 6.45) is 7.75. The number of nitrogens with one attached hydrogen (secondary N) is 1. The molecule has 0 fully saturated rings. The molecule has 1 aliphatic carbocycles. The lowest BCUT2D eigenvalue weighted by molar-refractivity contribution is 0.689. The van der Waals surface area contributed by atoms with Crippen molar-refractivity contribution in [3.05, 3.63) is 58.1 Å². The molecule has 0 atom stereocenters. The molecule has 128 valence electrons. The summed E-state index contributed by atoms with van der Waals surface area (Å²) in [5, 5.41) is 8.91. The first-order valence-electron chi connectivity index (χ1n) is 9.14. The molecule has 2 aliphatic rings. The maximum absolute atomic E-state index is 7.84. The van der Waals surface area contributed by atoms with Crippen LogP contribution in [0.25, 0.3) is 22.2 Å². The van der Waals surface area contributed by atoms with Crippen molar-refractivity contribution in [3.63, 3.8) is 0 Å². The summed E-state index contributed by atoms with van der Waals surface area (Å²) in [7, 11) is 0. The van der Waals surface area contributed by atoms with E-state index in [1.807, 2.05) is 18.3 Å². The standard InChI is InChI=1S/C22H20N4/c23-10-18-19(24)7-8-20-21(18)16-3-1-2-4-17(16)22(26-20)13-5-6-14-11-25-12-15(14)9-13/h5-10,12,23H,1-4,11,24H2. The average Bonchev–Trinajstić information content (AvgIpc) is 3.15. The van der Waals surface area contributed by atoms with Gasteiger partial charge in [0, 0.05) is 34.6 Å². The molecule has 5 rings (SSSR count). The summed E-state index contributed by atoms with van der Waals surface area (Å²) >= 11 is 0. The molecule has 4 nitrogen and oxygen atoms in total. The van der Waals surface area contributed by atoms with Crippen LogP contribution in [0.15, 0.2) is 35.3 Å². The van der Waals surface area contributed by atoms with Crippen molar-refractivity contribution in [3.8, 4) is 11.3 Å². The third-order valence-corrected chi connectivity index (χ3v) is 5.60. The molecular weight excluding hydrogens is 320 g/mol. The van der Waals surface area contributed by atoms with Gasteiger partial charge in [-0.3, -0.25) is 4.99 Å². The summed E-state index contributed by atoms with van der Waals surface area (Å²) in [5.74, 6) is 0. The molecule has 0 bridgehead atoms. The largest absolute Gasteiger partial charge is 0.398 e. The summed E-state index contributed by atoms with van der Waals surface area (Å²) < 4.78 is 0. The first-order chi connectivity index (χ1) is 12.8. The summed E-state index contributed by atoms with van der Waals surface area (Å²) in [5.41, 5.74) is 15.9. The van der Waals surface area contributed by atoms with Crippen molar-refractivity contribution in [2.45, 2.75) is 32.2 Å². The van der Waals surface area contributed by atoms with Crippen LogP contribution in [0.5, 0.6) is 0 Å². The van der Waals surface area contributed by atoms with Gasteiger partial charge in [-0.15, -0.1) is 0 Å². The predicted octanol–water partition coefficient (Wildman–Crippen LogP) is 4.29. The molecule has 2 aromatic carbocycles. The van der Waals surface area contributed by atoms with Crippen LogP contribution in [0.3, 0.4) is 0 Å². The molecule has 0 saturated heterocycles. The van der Waals surface area contributed by atoms with Gasteiger partial charge in [0.05, 0.1) is 17.8 Å². The second-order valence-electron chi connectivity index (χ2n) is 7.11. The van der Waals surface area contributed by atoms with Gasteiger partial charge in [0.2, 0.25) is 0 Å². The minimum absolute atomic E-state index is 0.656. The number of aromatic nitrogens is 1.